The van der Waals surface area contributed by atoms with Gasteiger partial charge < -0.3 is 25.1 Å². The van der Waals surface area contributed by atoms with Gasteiger partial charge in [-0.1, -0.05) is 24.3 Å². The molecule has 35 heavy (non-hydrogen) atoms. The summed E-state index contributed by atoms with van der Waals surface area (Å²) in [7, 11) is 4.00. The van der Waals surface area contributed by atoms with Gasteiger partial charge >= 0.3 is 0 Å². The summed E-state index contributed by atoms with van der Waals surface area (Å²) < 4.78 is 13.2. The molecule has 8 nitrogen and oxygen atoms in total. The zero-order valence-corrected chi connectivity index (χ0v) is 20.5. The molecular formula is C26H34FN7O. The number of rotatable bonds is 10. The van der Waals surface area contributed by atoms with Crippen molar-refractivity contribution in [2.75, 3.05) is 68.1 Å². The molecule has 0 saturated carbocycles. The average molecular weight is 480 g/mol. The van der Waals surface area contributed by atoms with Crippen LogP contribution in [0.4, 0.5) is 22.2 Å². The van der Waals surface area contributed by atoms with Gasteiger partial charge in [-0.25, -0.2) is 4.39 Å². The van der Waals surface area contributed by atoms with Crippen LogP contribution in [0, 0.1) is 5.82 Å². The molecule has 186 valence electrons. The molecule has 9 heteroatoms. The lowest BCUT2D eigenvalue weighted by Crippen LogP contribution is -2.44. The normalized spacial score (nSPS) is 13.6. The highest BCUT2D eigenvalue weighted by atomic mass is 19.1. The number of halogens is 1. The predicted molar refractivity (Wildman–Crippen MR) is 138 cm³/mol. The Balaban J connectivity index is 1.45. The second kappa shape index (κ2) is 11.8. The van der Waals surface area contributed by atoms with Crippen molar-refractivity contribution in [2.45, 2.75) is 19.3 Å². The summed E-state index contributed by atoms with van der Waals surface area (Å²) in [6, 6.07) is 14.0. The van der Waals surface area contributed by atoms with Crippen LogP contribution in [0.25, 0.3) is 0 Å². The van der Waals surface area contributed by atoms with Crippen LogP contribution in [0.1, 0.15) is 17.5 Å². The summed E-state index contributed by atoms with van der Waals surface area (Å²) >= 11 is 0. The first-order valence-electron chi connectivity index (χ1n) is 12.1. The van der Waals surface area contributed by atoms with E-state index in [0.29, 0.717) is 17.8 Å². The minimum atomic E-state index is -0.210. The number of anilines is 3. The number of hydrogen-bond acceptors (Lipinski definition) is 8. The molecule has 1 fully saturated rings. The minimum absolute atomic E-state index is 0.210. The molecule has 2 heterocycles. The third kappa shape index (κ3) is 7.02. The van der Waals surface area contributed by atoms with Crippen molar-refractivity contribution < 1.29 is 9.50 Å². The number of phenolic OH excluding ortho intramolecular Hbond substituents is 1. The fourth-order valence-electron chi connectivity index (χ4n) is 4.02. The van der Waals surface area contributed by atoms with E-state index >= 15 is 0 Å². The lowest BCUT2D eigenvalue weighted by Gasteiger charge is -2.29. The third-order valence-corrected chi connectivity index (χ3v) is 6.23. The van der Waals surface area contributed by atoms with Gasteiger partial charge in [0.25, 0.3) is 0 Å². The summed E-state index contributed by atoms with van der Waals surface area (Å²) in [6.45, 7) is 5.03. The lowest BCUT2D eigenvalue weighted by molar-refractivity contribution is 0.475. The number of nitrogens with zero attached hydrogens (tertiary/aromatic N) is 6. The third-order valence-electron chi connectivity index (χ3n) is 6.23. The van der Waals surface area contributed by atoms with Gasteiger partial charge in [-0.3, -0.25) is 0 Å². The number of nitrogens with one attached hydrogen (secondary N) is 1. The number of aromatic hydroxyl groups is 1. The smallest absolute Gasteiger partial charge is 0.232 e. The van der Waals surface area contributed by atoms with Crippen LogP contribution in [-0.4, -0.2) is 73.4 Å². The Bertz CT molecular complexity index is 1070. The van der Waals surface area contributed by atoms with E-state index in [1.54, 1.807) is 12.1 Å². The number of phenols is 1. The van der Waals surface area contributed by atoms with Crippen molar-refractivity contribution >= 4 is 17.8 Å². The first kappa shape index (κ1) is 24.7. The molecule has 2 aromatic carbocycles. The van der Waals surface area contributed by atoms with E-state index in [9.17, 15) is 9.50 Å². The van der Waals surface area contributed by atoms with Crippen LogP contribution in [0.3, 0.4) is 0 Å². The highest BCUT2D eigenvalue weighted by Crippen LogP contribution is 2.20. The standard InChI is InChI=1S/C26H34FN7O/c1-32(16-3-4-20-5-9-22(27)10-6-20)24-29-25(31-26(30-24)34-18-14-28-15-19-34)33(2)17-13-21-7-11-23(35)12-8-21/h5-12,28,35H,3-4,13-19H2,1-2H3. The van der Waals surface area contributed by atoms with Gasteiger partial charge in [0.2, 0.25) is 17.8 Å². The monoisotopic (exact) mass is 479 g/mol. The summed E-state index contributed by atoms with van der Waals surface area (Å²) in [5.41, 5.74) is 2.26. The van der Waals surface area contributed by atoms with Crippen LogP contribution in [0.5, 0.6) is 5.75 Å². The van der Waals surface area contributed by atoms with E-state index in [-0.39, 0.29) is 11.6 Å². The molecular weight excluding hydrogens is 445 g/mol. The van der Waals surface area contributed by atoms with Crippen molar-refractivity contribution in [1.29, 1.82) is 0 Å². The van der Waals surface area contributed by atoms with Crippen molar-refractivity contribution in [3.8, 4) is 5.75 Å². The van der Waals surface area contributed by atoms with E-state index in [1.807, 2.05) is 38.4 Å². The Labute approximate surface area is 206 Å². The van der Waals surface area contributed by atoms with E-state index in [1.165, 1.54) is 12.1 Å². The Kier molecular flexibility index (Phi) is 8.31. The Morgan fingerprint density at radius 3 is 2.06 bits per heavy atom. The van der Waals surface area contributed by atoms with Crippen molar-refractivity contribution in [3.05, 3.63) is 65.5 Å². The molecule has 4 rings (SSSR count). The molecule has 1 aromatic heterocycles. The average Bonchev–Trinajstić information content (AvgIpc) is 2.89. The van der Waals surface area contributed by atoms with Crippen LogP contribution in [0.2, 0.25) is 0 Å². The molecule has 3 aromatic rings. The Morgan fingerprint density at radius 1 is 0.829 bits per heavy atom. The van der Waals surface area contributed by atoms with Crippen LogP contribution < -0.4 is 20.0 Å². The van der Waals surface area contributed by atoms with Gasteiger partial charge in [0.15, 0.2) is 0 Å². The maximum absolute atomic E-state index is 13.2. The Hall–Kier alpha value is -3.46. The van der Waals surface area contributed by atoms with Crippen LogP contribution in [0.15, 0.2) is 48.5 Å². The molecule has 0 radical (unpaired) electrons. The van der Waals surface area contributed by atoms with Gasteiger partial charge in [-0.15, -0.1) is 0 Å². The number of aromatic nitrogens is 3. The fourth-order valence-corrected chi connectivity index (χ4v) is 4.02. The second-order valence-electron chi connectivity index (χ2n) is 8.96. The van der Waals surface area contributed by atoms with Crippen LogP contribution in [-0.2, 0) is 12.8 Å². The van der Waals surface area contributed by atoms with E-state index < -0.39 is 0 Å². The summed E-state index contributed by atoms with van der Waals surface area (Å²) in [5, 5.41) is 12.9. The largest absolute Gasteiger partial charge is 0.508 e. The molecule has 1 aliphatic heterocycles. The quantitative estimate of drug-likeness (QED) is 0.460. The number of aryl methyl sites for hydroxylation is 1. The maximum Gasteiger partial charge on any atom is 0.232 e. The molecule has 0 amide bonds. The Morgan fingerprint density at radius 2 is 1.40 bits per heavy atom. The van der Waals surface area contributed by atoms with Crippen molar-refractivity contribution in [3.63, 3.8) is 0 Å². The first-order chi connectivity index (χ1) is 17.0. The number of likely N-dealkylation sites (N-methyl/N-ethyl adjacent to an activating group) is 1. The van der Waals surface area contributed by atoms with Gasteiger partial charge in [0, 0.05) is 53.4 Å². The fraction of sp³-hybridized carbons (Fsp3) is 0.423. The maximum atomic E-state index is 13.2. The lowest BCUT2D eigenvalue weighted by atomic mass is 10.1. The topological polar surface area (TPSA) is 80.7 Å². The zero-order valence-electron chi connectivity index (χ0n) is 20.5. The number of hydrogen-bond donors (Lipinski definition) is 2. The molecule has 0 aliphatic carbocycles. The highest BCUT2D eigenvalue weighted by molar-refractivity contribution is 5.46. The zero-order chi connectivity index (χ0) is 24.6. The summed E-state index contributed by atoms with van der Waals surface area (Å²) in [5.74, 6) is 2.06. The van der Waals surface area contributed by atoms with Crippen molar-refractivity contribution in [1.82, 2.24) is 20.3 Å². The minimum Gasteiger partial charge on any atom is -0.508 e. The van der Waals surface area contributed by atoms with Crippen LogP contribution >= 0.6 is 0 Å². The molecule has 1 saturated heterocycles. The van der Waals surface area contributed by atoms with Gasteiger partial charge in [-0.2, -0.15) is 15.0 Å². The van der Waals surface area contributed by atoms with E-state index in [2.05, 4.69) is 20.0 Å². The number of benzene rings is 2. The second-order valence-corrected chi connectivity index (χ2v) is 8.96. The highest BCUT2D eigenvalue weighted by Gasteiger charge is 2.19. The molecule has 1 aliphatic rings. The molecule has 0 unspecified atom stereocenters. The van der Waals surface area contributed by atoms with E-state index in [0.717, 1.165) is 69.7 Å². The molecule has 0 atom stereocenters. The summed E-state index contributed by atoms with van der Waals surface area (Å²) in [4.78, 5) is 20.7. The van der Waals surface area contributed by atoms with Crippen molar-refractivity contribution in [2.24, 2.45) is 0 Å². The molecule has 0 spiro atoms. The van der Waals surface area contributed by atoms with E-state index in [4.69, 9.17) is 15.0 Å². The first-order valence-corrected chi connectivity index (χ1v) is 12.1. The molecule has 2 N–H and O–H groups in total. The van der Waals surface area contributed by atoms with Gasteiger partial charge in [0.1, 0.15) is 11.6 Å². The van der Waals surface area contributed by atoms with Gasteiger partial charge in [0.05, 0.1) is 0 Å². The molecule has 0 bridgehead atoms. The predicted octanol–water partition coefficient (Wildman–Crippen LogP) is 2.87. The number of piperazine rings is 1. The SMILES string of the molecule is CN(CCCc1ccc(F)cc1)c1nc(N(C)CCc2ccc(O)cc2)nc(N2CCNCC2)n1. The van der Waals surface area contributed by atoms with Gasteiger partial charge in [-0.05, 0) is 54.7 Å². The summed E-state index contributed by atoms with van der Waals surface area (Å²) in [6.07, 6.45) is 2.58.